The highest BCUT2D eigenvalue weighted by molar-refractivity contribution is 9.10. The maximum absolute atomic E-state index is 12.7. The van der Waals surface area contributed by atoms with E-state index >= 15 is 0 Å². The summed E-state index contributed by atoms with van der Waals surface area (Å²) in [5.74, 6) is 0.0314. The molecule has 1 N–H and O–H groups in total. The Hall–Kier alpha value is -2.57. The SMILES string of the molecule is O=C(Nc1ccc(Sc2ccc(Br)cc2)cc1)c1cccc(CN2CCCC2=O)c1. The van der Waals surface area contributed by atoms with Crippen LogP contribution in [0.1, 0.15) is 28.8 Å². The zero-order valence-electron chi connectivity index (χ0n) is 16.3. The number of anilines is 1. The Balaban J connectivity index is 1.38. The van der Waals surface area contributed by atoms with Crippen LogP contribution in [0.25, 0.3) is 0 Å². The van der Waals surface area contributed by atoms with E-state index in [-0.39, 0.29) is 11.8 Å². The minimum Gasteiger partial charge on any atom is -0.338 e. The zero-order chi connectivity index (χ0) is 20.9. The average Bonchev–Trinajstić information content (AvgIpc) is 3.16. The second-order valence-electron chi connectivity index (χ2n) is 7.15. The van der Waals surface area contributed by atoms with Crippen molar-refractivity contribution in [2.24, 2.45) is 0 Å². The van der Waals surface area contributed by atoms with Crippen LogP contribution in [0.5, 0.6) is 0 Å². The largest absolute Gasteiger partial charge is 0.338 e. The first kappa shape index (κ1) is 20.7. The highest BCUT2D eigenvalue weighted by atomic mass is 79.9. The fourth-order valence-electron chi connectivity index (χ4n) is 3.35. The highest BCUT2D eigenvalue weighted by Crippen LogP contribution is 2.29. The molecule has 0 saturated carbocycles. The molecule has 6 heteroatoms. The summed E-state index contributed by atoms with van der Waals surface area (Å²) in [5, 5.41) is 2.95. The molecule has 2 amide bonds. The molecule has 0 atom stereocenters. The smallest absolute Gasteiger partial charge is 0.255 e. The number of amides is 2. The summed E-state index contributed by atoms with van der Waals surface area (Å²) >= 11 is 5.12. The Bertz CT molecular complexity index is 1050. The van der Waals surface area contributed by atoms with Gasteiger partial charge in [0, 0.05) is 45.0 Å². The van der Waals surface area contributed by atoms with Crippen molar-refractivity contribution < 1.29 is 9.59 Å². The normalized spacial score (nSPS) is 13.5. The predicted octanol–water partition coefficient (Wildman–Crippen LogP) is 5.98. The third-order valence-corrected chi connectivity index (χ3v) is 6.44. The molecule has 3 aromatic rings. The molecule has 4 nitrogen and oxygen atoms in total. The minimum absolute atomic E-state index is 0.155. The van der Waals surface area contributed by atoms with Gasteiger partial charge in [0.15, 0.2) is 0 Å². The van der Waals surface area contributed by atoms with Gasteiger partial charge in [-0.25, -0.2) is 0 Å². The van der Waals surface area contributed by atoms with Crippen LogP contribution in [0.15, 0.2) is 87.1 Å². The molecule has 0 unspecified atom stereocenters. The van der Waals surface area contributed by atoms with Crippen LogP contribution in [0.3, 0.4) is 0 Å². The molecule has 152 valence electrons. The predicted molar refractivity (Wildman–Crippen MR) is 124 cm³/mol. The van der Waals surface area contributed by atoms with Crippen LogP contribution in [0, 0.1) is 0 Å². The Morgan fingerprint density at radius 1 is 1.00 bits per heavy atom. The molecule has 4 rings (SSSR count). The van der Waals surface area contributed by atoms with Gasteiger partial charge in [0.2, 0.25) is 5.91 Å². The van der Waals surface area contributed by atoms with Crippen LogP contribution in [-0.4, -0.2) is 23.3 Å². The maximum Gasteiger partial charge on any atom is 0.255 e. The Morgan fingerprint density at radius 2 is 1.70 bits per heavy atom. The molecule has 30 heavy (non-hydrogen) atoms. The second-order valence-corrected chi connectivity index (χ2v) is 9.22. The van der Waals surface area contributed by atoms with Crippen molar-refractivity contribution >= 4 is 45.2 Å². The van der Waals surface area contributed by atoms with Gasteiger partial charge < -0.3 is 10.2 Å². The van der Waals surface area contributed by atoms with E-state index < -0.39 is 0 Å². The van der Waals surface area contributed by atoms with Gasteiger partial charge in [-0.15, -0.1) is 0 Å². The van der Waals surface area contributed by atoms with Gasteiger partial charge in [-0.2, -0.15) is 0 Å². The van der Waals surface area contributed by atoms with Crippen LogP contribution < -0.4 is 5.32 Å². The van der Waals surface area contributed by atoms with E-state index in [9.17, 15) is 9.59 Å². The lowest BCUT2D eigenvalue weighted by Crippen LogP contribution is -2.24. The highest BCUT2D eigenvalue weighted by Gasteiger charge is 2.20. The standard InChI is InChI=1S/C24H21BrN2O2S/c25-19-6-10-21(11-7-19)30-22-12-8-20(9-13-22)26-24(29)18-4-1-3-17(15-18)16-27-14-2-5-23(27)28/h1,3-4,6-13,15H,2,5,14,16H2,(H,26,29). The van der Waals surface area contributed by atoms with E-state index in [4.69, 9.17) is 0 Å². The molecule has 1 fully saturated rings. The van der Waals surface area contributed by atoms with E-state index in [1.165, 1.54) is 0 Å². The lowest BCUT2D eigenvalue weighted by molar-refractivity contribution is -0.128. The number of halogens is 1. The molecule has 0 radical (unpaired) electrons. The van der Waals surface area contributed by atoms with Crippen molar-refractivity contribution in [3.05, 3.63) is 88.4 Å². The molecule has 0 spiro atoms. The molecule has 1 heterocycles. The monoisotopic (exact) mass is 480 g/mol. The summed E-state index contributed by atoms with van der Waals surface area (Å²) in [6, 6.07) is 23.4. The molecule has 1 saturated heterocycles. The van der Waals surface area contributed by atoms with E-state index in [0.29, 0.717) is 18.5 Å². The van der Waals surface area contributed by atoms with Crippen molar-refractivity contribution in [3.63, 3.8) is 0 Å². The molecular formula is C24H21BrN2O2S. The van der Waals surface area contributed by atoms with E-state index in [1.54, 1.807) is 17.8 Å². The number of rotatable bonds is 6. The summed E-state index contributed by atoms with van der Waals surface area (Å²) in [7, 11) is 0. The molecule has 0 bridgehead atoms. The lowest BCUT2D eigenvalue weighted by atomic mass is 10.1. The quantitative estimate of drug-likeness (QED) is 0.472. The summed E-state index contributed by atoms with van der Waals surface area (Å²) in [6.07, 6.45) is 1.53. The molecule has 1 aliphatic heterocycles. The Labute approximate surface area is 188 Å². The van der Waals surface area contributed by atoms with Gasteiger partial charge in [-0.05, 0) is 72.6 Å². The number of nitrogens with zero attached hydrogens (tertiary/aromatic N) is 1. The number of carbonyl (C=O) groups excluding carboxylic acids is 2. The number of nitrogens with one attached hydrogen (secondary N) is 1. The first-order valence-electron chi connectivity index (χ1n) is 9.78. The van der Waals surface area contributed by atoms with Crippen molar-refractivity contribution in [2.75, 3.05) is 11.9 Å². The Morgan fingerprint density at radius 3 is 2.37 bits per heavy atom. The van der Waals surface area contributed by atoms with Gasteiger partial charge in [0.05, 0.1) is 0 Å². The number of hydrogen-bond acceptors (Lipinski definition) is 3. The van der Waals surface area contributed by atoms with Gasteiger partial charge in [0.1, 0.15) is 0 Å². The number of benzene rings is 3. The Kier molecular flexibility index (Phi) is 6.55. The van der Waals surface area contributed by atoms with E-state index in [2.05, 4.69) is 33.4 Å². The second kappa shape index (κ2) is 9.49. The summed E-state index contributed by atoms with van der Waals surface area (Å²) in [4.78, 5) is 28.6. The first-order chi connectivity index (χ1) is 14.6. The molecule has 0 aromatic heterocycles. The van der Waals surface area contributed by atoms with Crippen LogP contribution in [-0.2, 0) is 11.3 Å². The number of likely N-dealkylation sites (tertiary alicyclic amines) is 1. The molecular weight excluding hydrogens is 460 g/mol. The fourth-order valence-corrected chi connectivity index (χ4v) is 4.43. The van der Waals surface area contributed by atoms with E-state index in [0.717, 1.165) is 38.5 Å². The van der Waals surface area contributed by atoms with Gasteiger partial charge in [-0.1, -0.05) is 39.8 Å². The zero-order valence-corrected chi connectivity index (χ0v) is 18.7. The first-order valence-corrected chi connectivity index (χ1v) is 11.4. The summed E-state index contributed by atoms with van der Waals surface area (Å²) in [5.41, 5.74) is 2.31. The maximum atomic E-state index is 12.7. The van der Waals surface area contributed by atoms with Crippen LogP contribution >= 0.6 is 27.7 Å². The van der Waals surface area contributed by atoms with Gasteiger partial charge >= 0.3 is 0 Å². The van der Waals surface area contributed by atoms with Crippen molar-refractivity contribution in [3.8, 4) is 0 Å². The van der Waals surface area contributed by atoms with Gasteiger partial charge in [-0.3, -0.25) is 9.59 Å². The van der Waals surface area contributed by atoms with Gasteiger partial charge in [0.25, 0.3) is 5.91 Å². The topological polar surface area (TPSA) is 49.4 Å². The molecule has 0 aliphatic carbocycles. The minimum atomic E-state index is -0.155. The van der Waals surface area contributed by atoms with Crippen LogP contribution in [0.4, 0.5) is 5.69 Å². The number of hydrogen-bond donors (Lipinski definition) is 1. The fraction of sp³-hybridized carbons (Fsp3) is 0.167. The molecule has 3 aromatic carbocycles. The van der Waals surface area contributed by atoms with Crippen LogP contribution in [0.2, 0.25) is 0 Å². The summed E-state index contributed by atoms with van der Waals surface area (Å²) < 4.78 is 1.06. The third kappa shape index (κ3) is 5.32. The van der Waals surface area contributed by atoms with Crippen molar-refractivity contribution in [2.45, 2.75) is 29.2 Å². The average molecular weight is 481 g/mol. The van der Waals surface area contributed by atoms with Crippen molar-refractivity contribution in [1.29, 1.82) is 0 Å². The summed E-state index contributed by atoms with van der Waals surface area (Å²) in [6.45, 7) is 1.35. The number of carbonyl (C=O) groups is 2. The lowest BCUT2D eigenvalue weighted by Gasteiger charge is -2.16. The van der Waals surface area contributed by atoms with Crippen molar-refractivity contribution in [1.82, 2.24) is 4.90 Å². The third-order valence-electron chi connectivity index (χ3n) is 4.90. The van der Waals surface area contributed by atoms with E-state index in [1.807, 2.05) is 59.5 Å². The molecule has 1 aliphatic rings.